The van der Waals surface area contributed by atoms with E-state index < -0.39 is 0 Å². The Labute approximate surface area is 76.5 Å². The maximum absolute atomic E-state index is 5.77. The van der Waals surface area contributed by atoms with Gasteiger partial charge in [-0.2, -0.15) is 0 Å². The second kappa shape index (κ2) is 4.27. The summed E-state index contributed by atoms with van der Waals surface area (Å²) >= 11 is 0. The summed E-state index contributed by atoms with van der Waals surface area (Å²) in [5.41, 5.74) is 0.120. The largest absolute Gasteiger partial charge is 0.376 e. The van der Waals surface area contributed by atoms with Crippen molar-refractivity contribution in [2.45, 2.75) is 58.5 Å². The molecule has 1 fully saturated rings. The Morgan fingerprint density at radius 1 is 1.17 bits per heavy atom. The monoisotopic (exact) mass is 170 g/mol. The van der Waals surface area contributed by atoms with Gasteiger partial charge in [0, 0.05) is 6.61 Å². The molecule has 1 saturated carbocycles. The van der Waals surface area contributed by atoms with Gasteiger partial charge in [0.1, 0.15) is 0 Å². The highest BCUT2D eigenvalue weighted by atomic mass is 16.5. The van der Waals surface area contributed by atoms with Gasteiger partial charge in [0.15, 0.2) is 0 Å². The molecule has 0 aromatic heterocycles. The molecule has 0 amide bonds. The van der Waals surface area contributed by atoms with E-state index in [4.69, 9.17) is 4.74 Å². The summed E-state index contributed by atoms with van der Waals surface area (Å²) in [6.07, 6.45) is 6.97. The maximum Gasteiger partial charge on any atom is 0.0654 e. The van der Waals surface area contributed by atoms with Gasteiger partial charge in [-0.15, -0.1) is 0 Å². The van der Waals surface area contributed by atoms with Crippen molar-refractivity contribution in [3.05, 3.63) is 0 Å². The summed E-state index contributed by atoms with van der Waals surface area (Å²) in [5.74, 6) is 0.797. The third kappa shape index (κ3) is 2.48. The van der Waals surface area contributed by atoms with Gasteiger partial charge in [-0.3, -0.25) is 0 Å². The first-order valence-electron chi connectivity index (χ1n) is 5.31. The lowest BCUT2D eigenvalue weighted by molar-refractivity contribution is -0.0644. The molecule has 0 atom stereocenters. The highest BCUT2D eigenvalue weighted by molar-refractivity contribution is 4.81. The van der Waals surface area contributed by atoms with Crippen molar-refractivity contribution in [3.63, 3.8) is 0 Å². The zero-order valence-electron chi connectivity index (χ0n) is 8.73. The third-order valence-electron chi connectivity index (χ3n) is 3.10. The van der Waals surface area contributed by atoms with Crippen LogP contribution in [0.15, 0.2) is 0 Å². The minimum Gasteiger partial charge on any atom is -0.376 e. The van der Waals surface area contributed by atoms with Gasteiger partial charge in [-0.1, -0.05) is 19.3 Å². The van der Waals surface area contributed by atoms with E-state index in [1.807, 2.05) is 0 Å². The smallest absolute Gasteiger partial charge is 0.0654 e. The van der Waals surface area contributed by atoms with Crippen LogP contribution in [0, 0.1) is 5.92 Å². The van der Waals surface area contributed by atoms with Crippen molar-refractivity contribution < 1.29 is 4.74 Å². The van der Waals surface area contributed by atoms with Gasteiger partial charge in [0.25, 0.3) is 0 Å². The van der Waals surface area contributed by atoms with Gasteiger partial charge in [0.05, 0.1) is 5.60 Å². The molecule has 0 spiro atoms. The van der Waals surface area contributed by atoms with E-state index in [-0.39, 0.29) is 5.60 Å². The van der Waals surface area contributed by atoms with Gasteiger partial charge < -0.3 is 4.74 Å². The predicted octanol–water partition coefficient (Wildman–Crippen LogP) is 3.38. The molecule has 0 saturated heterocycles. The quantitative estimate of drug-likeness (QED) is 0.631. The standard InChI is InChI=1S/C11H22O/c1-4-12-11(2,3)10-8-6-5-7-9-10/h10H,4-9H2,1-3H3. The fourth-order valence-electron chi connectivity index (χ4n) is 2.29. The van der Waals surface area contributed by atoms with Crippen molar-refractivity contribution in [2.24, 2.45) is 5.92 Å². The van der Waals surface area contributed by atoms with Crippen molar-refractivity contribution in [1.29, 1.82) is 0 Å². The zero-order chi connectivity index (χ0) is 9.03. The lowest BCUT2D eigenvalue weighted by atomic mass is 9.79. The molecule has 12 heavy (non-hydrogen) atoms. The van der Waals surface area contributed by atoms with E-state index >= 15 is 0 Å². The SMILES string of the molecule is CCOC(C)(C)C1CCCCC1. The maximum atomic E-state index is 5.77. The van der Waals surface area contributed by atoms with Crippen LogP contribution in [0.25, 0.3) is 0 Å². The molecule has 0 aromatic rings. The van der Waals surface area contributed by atoms with Crippen LogP contribution < -0.4 is 0 Å². The molecule has 72 valence electrons. The Morgan fingerprint density at radius 3 is 2.25 bits per heavy atom. The van der Waals surface area contributed by atoms with E-state index in [9.17, 15) is 0 Å². The average molecular weight is 170 g/mol. The predicted molar refractivity (Wildman–Crippen MR) is 52.3 cm³/mol. The van der Waals surface area contributed by atoms with Crippen LogP contribution in [0.5, 0.6) is 0 Å². The second-order valence-corrected chi connectivity index (χ2v) is 4.37. The third-order valence-corrected chi connectivity index (χ3v) is 3.10. The Kier molecular flexibility index (Phi) is 3.57. The van der Waals surface area contributed by atoms with Crippen molar-refractivity contribution in [2.75, 3.05) is 6.61 Å². The molecule has 1 heteroatoms. The summed E-state index contributed by atoms with van der Waals surface area (Å²) in [7, 11) is 0. The van der Waals surface area contributed by atoms with Crippen LogP contribution in [0.2, 0.25) is 0 Å². The van der Waals surface area contributed by atoms with E-state index in [1.165, 1.54) is 32.1 Å². The number of hydrogen-bond donors (Lipinski definition) is 0. The average Bonchev–Trinajstić information content (AvgIpc) is 2.06. The summed E-state index contributed by atoms with van der Waals surface area (Å²) < 4.78 is 5.77. The fraction of sp³-hybridized carbons (Fsp3) is 1.00. The molecule has 0 heterocycles. The topological polar surface area (TPSA) is 9.23 Å². The van der Waals surface area contributed by atoms with Gasteiger partial charge in [0.2, 0.25) is 0 Å². The Hall–Kier alpha value is -0.0400. The van der Waals surface area contributed by atoms with Crippen LogP contribution in [-0.2, 0) is 4.74 Å². The highest BCUT2D eigenvalue weighted by Gasteiger charge is 2.30. The van der Waals surface area contributed by atoms with E-state index in [0.29, 0.717) is 0 Å². The molecule has 0 bridgehead atoms. The lowest BCUT2D eigenvalue weighted by Gasteiger charge is -2.36. The molecule has 0 aliphatic heterocycles. The van der Waals surface area contributed by atoms with Crippen LogP contribution in [0.4, 0.5) is 0 Å². The minimum atomic E-state index is 0.120. The molecule has 1 rings (SSSR count). The normalized spacial score (nSPS) is 21.2. The van der Waals surface area contributed by atoms with Crippen molar-refractivity contribution >= 4 is 0 Å². The summed E-state index contributed by atoms with van der Waals surface area (Å²) in [4.78, 5) is 0. The van der Waals surface area contributed by atoms with Crippen molar-refractivity contribution in [3.8, 4) is 0 Å². The molecule has 1 aliphatic carbocycles. The molecule has 0 radical (unpaired) electrons. The number of rotatable bonds is 3. The zero-order valence-corrected chi connectivity index (χ0v) is 8.73. The van der Waals surface area contributed by atoms with E-state index in [1.54, 1.807) is 0 Å². The lowest BCUT2D eigenvalue weighted by Crippen LogP contribution is -2.35. The first kappa shape index (κ1) is 10.0. The number of ether oxygens (including phenoxy) is 1. The van der Waals surface area contributed by atoms with E-state index in [2.05, 4.69) is 20.8 Å². The summed E-state index contributed by atoms with van der Waals surface area (Å²) in [6.45, 7) is 7.42. The second-order valence-electron chi connectivity index (χ2n) is 4.37. The first-order chi connectivity index (χ1) is 5.67. The Bertz CT molecular complexity index is 123. The number of hydrogen-bond acceptors (Lipinski definition) is 1. The minimum absolute atomic E-state index is 0.120. The molecule has 0 aromatic carbocycles. The van der Waals surface area contributed by atoms with Crippen LogP contribution in [-0.4, -0.2) is 12.2 Å². The molecule has 0 unspecified atom stereocenters. The molecular formula is C11H22O. The van der Waals surface area contributed by atoms with Gasteiger partial charge >= 0.3 is 0 Å². The Balaban J connectivity index is 2.41. The molecular weight excluding hydrogens is 148 g/mol. The summed E-state index contributed by atoms with van der Waals surface area (Å²) in [5, 5.41) is 0. The van der Waals surface area contributed by atoms with Crippen molar-refractivity contribution in [1.82, 2.24) is 0 Å². The molecule has 1 aliphatic rings. The van der Waals surface area contributed by atoms with Crippen LogP contribution in [0.3, 0.4) is 0 Å². The van der Waals surface area contributed by atoms with Gasteiger partial charge in [-0.05, 0) is 39.5 Å². The Morgan fingerprint density at radius 2 is 1.75 bits per heavy atom. The van der Waals surface area contributed by atoms with Crippen LogP contribution >= 0.6 is 0 Å². The molecule has 1 nitrogen and oxygen atoms in total. The molecule has 0 N–H and O–H groups in total. The highest BCUT2D eigenvalue weighted by Crippen LogP contribution is 2.34. The summed E-state index contributed by atoms with van der Waals surface area (Å²) in [6, 6.07) is 0. The fourth-order valence-corrected chi connectivity index (χ4v) is 2.29. The van der Waals surface area contributed by atoms with Gasteiger partial charge in [-0.25, -0.2) is 0 Å². The first-order valence-corrected chi connectivity index (χ1v) is 5.31. The van der Waals surface area contributed by atoms with E-state index in [0.717, 1.165) is 12.5 Å². The van der Waals surface area contributed by atoms with Crippen LogP contribution in [0.1, 0.15) is 52.9 Å².